The highest BCUT2D eigenvalue weighted by molar-refractivity contribution is 5.78. The van der Waals surface area contributed by atoms with Gasteiger partial charge in [-0.15, -0.1) is 0 Å². The van der Waals surface area contributed by atoms with Gasteiger partial charge in [-0.2, -0.15) is 5.26 Å². The zero-order chi connectivity index (χ0) is 18.2. The summed E-state index contributed by atoms with van der Waals surface area (Å²) < 4.78 is 8.16. The van der Waals surface area contributed by atoms with Crippen molar-refractivity contribution in [2.24, 2.45) is 0 Å². The van der Waals surface area contributed by atoms with E-state index in [0.717, 1.165) is 42.9 Å². The largest absolute Gasteiger partial charge is 0.439 e. The third-order valence-corrected chi connectivity index (χ3v) is 4.98. The zero-order valence-electron chi connectivity index (χ0n) is 14.7. The first-order valence-corrected chi connectivity index (χ1v) is 8.97. The van der Waals surface area contributed by atoms with Crippen molar-refractivity contribution in [3.63, 3.8) is 0 Å². The molecule has 0 spiro atoms. The lowest BCUT2D eigenvalue weighted by atomic mass is 10.2. The molecule has 0 bridgehead atoms. The van der Waals surface area contributed by atoms with Crippen LogP contribution in [0.25, 0.3) is 11.0 Å². The van der Waals surface area contributed by atoms with E-state index < -0.39 is 0 Å². The van der Waals surface area contributed by atoms with E-state index in [0.29, 0.717) is 17.2 Å². The van der Waals surface area contributed by atoms with Crippen LogP contribution in [0.3, 0.4) is 0 Å². The van der Waals surface area contributed by atoms with Crippen molar-refractivity contribution in [1.82, 2.24) is 19.4 Å². The van der Waals surface area contributed by atoms with E-state index in [1.54, 1.807) is 12.1 Å². The maximum Gasteiger partial charge on any atom is 0.219 e. The van der Waals surface area contributed by atoms with Gasteiger partial charge in [-0.1, -0.05) is 6.08 Å². The van der Waals surface area contributed by atoms with Crippen molar-refractivity contribution in [2.75, 3.05) is 13.1 Å². The number of fused-ring (bicyclic) bond motifs is 3. The average molecular weight is 355 g/mol. The summed E-state index contributed by atoms with van der Waals surface area (Å²) in [5.74, 6) is 2.30. The van der Waals surface area contributed by atoms with Crippen LogP contribution in [0.2, 0.25) is 0 Å². The van der Waals surface area contributed by atoms with Gasteiger partial charge in [0.05, 0.1) is 16.6 Å². The molecule has 1 aliphatic carbocycles. The fraction of sp³-hybridized carbons (Fsp3) is 0.190. The molecule has 132 valence electrons. The van der Waals surface area contributed by atoms with Gasteiger partial charge >= 0.3 is 0 Å². The number of nitriles is 1. The van der Waals surface area contributed by atoms with Crippen molar-refractivity contribution in [2.45, 2.75) is 13.0 Å². The van der Waals surface area contributed by atoms with Crippen LogP contribution in [-0.2, 0) is 13.0 Å². The third kappa shape index (κ3) is 2.83. The van der Waals surface area contributed by atoms with Crippen LogP contribution in [0.4, 0.5) is 0 Å². The van der Waals surface area contributed by atoms with Crippen molar-refractivity contribution in [3.05, 3.63) is 71.8 Å². The summed E-state index contributed by atoms with van der Waals surface area (Å²) in [5, 5.41) is 8.87. The second-order valence-electron chi connectivity index (χ2n) is 6.62. The van der Waals surface area contributed by atoms with Crippen molar-refractivity contribution < 1.29 is 4.74 Å². The molecule has 2 aliphatic rings. The standard InChI is InChI=1S/C21H17N5O/c22-13-15-4-7-21(23-14-15)27-17-5-6-18-19(12-17)26-11-10-25(16-2-1-3-16)9-8-20(26)24-18/h1-7,12,14H,8-11H2. The molecule has 2 aromatic heterocycles. The molecular weight excluding hydrogens is 338 g/mol. The number of ether oxygens (including phenoxy) is 1. The molecule has 0 saturated carbocycles. The molecule has 0 unspecified atom stereocenters. The highest BCUT2D eigenvalue weighted by Gasteiger charge is 2.19. The molecule has 0 radical (unpaired) electrons. The SMILES string of the molecule is N#Cc1ccc(Oc2ccc3nc4n(c3c2)CCN(C2=CC=C2)CC4)nc1. The van der Waals surface area contributed by atoms with E-state index in [1.807, 2.05) is 18.2 Å². The predicted octanol–water partition coefficient (Wildman–Crippen LogP) is 3.41. The number of hydrogen-bond acceptors (Lipinski definition) is 5. The Morgan fingerprint density at radius 2 is 2.04 bits per heavy atom. The van der Waals surface area contributed by atoms with E-state index in [9.17, 15) is 0 Å². The Bertz CT molecular complexity index is 1120. The molecular formula is C21H17N5O. The summed E-state index contributed by atoms with van der Waals surface area (Å²) in [5.41, 5.74) is 3.89. The second-order valence-corrected chi connectivity index (χ2v) is 6.62. The lowest BCUT2D eigenvalue weighted by Crippen LogP contribution is -2.26. The Morgan fingerprint density at radius 1 is 1.11 bits per heavy atom. The van der Waals surface area contributed by atoms with Gasteiger partial charge in [-0.3, -0.25) is 0 Å². The van der Waals surface area contributed by atoms with Crippen LogP contribution >= 0.6 is 0 Å². The van der Waals surface area contributed by atoms with E-state index in [-0.39, 0.29) is 0 Å². The monoisotopic (exact) mass is 355 g/mol. The van der Waals surface area contributed by atoms with Crippen molar-refractivity contribution >= 4 is 11.0 Å². The van der Waals surface area contributed by atoms with Gasteiger partial charge in [0, 0.05) is 50.1 Å². The van der Waals surface area contributed by atoms with Gasteiger partial charge in [-0.25, -0.2) is 9.97 Å². The molecule has 0 N–H and O–H groups in total. The van der Waals surface area contributed by atoms with Gasteiger partial charge in [0.15, 0.2) is 0 Å². The second kappa shape index (κ2) is 6.29. The summed E-state index contributed by atoms with van der Waals surface area (Å²) in [4.78, 5) is 11.4. The smallest absolute Gasteiger partial charge is 0.219 e. The molecule has 1 aromatic carbocycles. The normalized spacial score (nSPS) is 15.5. The van der Waals surface area contributed by atoms with Gasteiger partial charge < -0.3 is 14.2 Å². The molecule has 0 atom stereocenters. The molecule has 1 aliphatic heterocycles. The Balaban J connectivity index is 1.42. The zero-order valence-corrected chi connectivity index (χ0v) is 14.7. The number of rotatable bonds is 3. The number of imidazole rings is 1. The van der Waals surface area contributed by atoms with E-state index in [2.05, 4.69) is 38.7 Å². The number of benzene rings is 1. The van der Waals surface area contributed by atoms with Crippen LogP contribution in [0, 0.1) is 11.3 Å². The van der Waals surface area contributed by atoms with Gasteiger partial charge in [0.1, 0.15) is 17.6 Å². The Morgan fingerprint density at radius 3 is 2.78 bits per heavy atom. The Kier molecular flexibility index (Phi) is 3.65. The van der Waals surface area contributed by atoms with E-state index >= 15 is 0 Å². The summed E-state index contributed by atoms with van der Waals surface area (Å²) in [6.07, 6.45) is 8.82. The first-order valence-electron chi connectivity index (χ1n) is 8.97. The topological polar surface area (TPSA) is 67.0 Å². The molecule has 27 heavy (non-hydrogen) atoms. The van der Waals surface area contributed by atoms with Gasteiger partial charge in [0.2, 0.25) is 5.88 Å². The highest BCUT2D eigenvalue weighted by atomic mass is 16.5. The lowest BCUT2D eigenvalue weighted by Gasteiger charge is -2.25. The fourth-order valence-corrected chi connectivity index (χ4v) is 3.50. The lowest BCUT2D eigenvalue weighted by molar-refractivity contribution is 0.359. The quantitative estimate of drug-likeness (QED) is 0.720. The summed E-state index contributed by atoms with van der Waals surface area (Å²) in [7, 11) is 0. The molecule has 5 rings (SSSR count). The number of allylic oxidation sites excluding steroid dienone is 3. The predicted molar refractivity (Wildman–Crippen MR) is 101 cm³/mol. The molecule has 6 heteroatoms. The highest BCUT2D eigenvalue weighted by Crippen LogP contribution is 2.27. The summed E-state index contributed by atoms with van der Waals surface area (Å²) >= 11 is 0. The third-order valence-electron chi connectivity index (χ3n) is 4.98. The number of nitrogens with zero attached hydrogens (tertiary/aromatic N) is 5. The minimum Gasteiger partial charge on any atom is -0.439 e. The molecule has 3 aromatic rings. The van der Waals surface area contributed by atoms with Crippen LogP contribution in [0.1, 0.15) is 11.4 Å². The first kappa shape index (κ1) is 15.6. The Labute approximate surface area is 156 Å². The number of hydrogen-bond donors (Lipinski definition) is 0. The van der Waals surface area contributed by atoms with Crippen LogP contribution < -0.4 is 4.74 Å². The molecule has 0 fully saturated rings. The number of pyridine rings is 1. The molecule has 6 nitrogen and oxygen atoms in total. The Hall–Kier alpha value is -3.59. The van der Waals surface area contributed by atoms with E-state index in [1.165, 1.54) is 11.9 Å². The minimum absolute atomic E-state index is 0.471. The maximum absolute atomic E-state index is 8.87. The fourth-order valence-electron chi connectivity index (χ4n) is 3.50. The van der Waals surface area contributed by atoms with Crippen molar-refractivity contribution in [3.8, 4) is 17.7 Å². The van der Waals surface area contributed by atoms with Gasteiger partial charge in [-0.05, 0) is 30.4 Å². The van der Waals surface area contributed by atoms with Crippen molar-refractivity contribution in [1.29, 1.82) is 5.26 Å². The summed E-state index contributed by atoms with van der Waals surface area (Å²) in [6, 6.07) is 11.4. The maximum atomic E-state index is 8.87. The van der Waals surface area contributed by atoms with E-state index in [4.69, 9.17) is 15.0 Å². The first-order chi connectivity index (χ1) is 13.3. The van der Waals surface area contributed by atoms with Crippen LogP contribution in [0.5, 0.6) is 11.6 Å². The average Bonchev–Trinajstić information content (AvgIpc) is 2.87. The molecule has 0 saturated heterocycles. The number of aromatic nitrogens is 3. The molecule has 3 heterocycles. The minimum atomic E-state index is 0.471. The van der Waals surface area contributed by atoms with Crippen LogP contribution in [-0.4, -0.2) is 32.5 Å². The van der Waals surface area contributed by atoms with Crippen LogP contribution in [0.15, 0.2) is 60.5 Å². The van der Waals surface area contributed by atoms with Gasteiger partial charge in [0.25, 0.3) is 0 Å². The summed E-state index contributed by atoms with van der Waals surface area (Å²) in [6.45, 7) is 2.85. The molecule has 0 amide bonds.